The monoisotopic (exact) mass is 429 g/mol. The van der Waals surface area contributed by atoms with Gasteiger partial charge in [0.15, 0.2) is 11.5 Å². The Morgan fingerprint density at radius 2 is 2.04 bits per heavy atom. The van der Waals surface area contributed by atoms with Crippen molar-refractivity contribution < 1.29 is 18.7 Å². The summed E-state index contributed by atoms with van der Waals surface area (Å²) in [6.45, 7) is 4.18. The van der Waals surface area contributed by atoms with E-state index >= 15 is 0 Å². The van der Waals surface area contributed by atoms with Crippen LogP contribution >= 0.6 is 22.6 Å². The number of halogens is 2. The van der Waals surface area contributed by atoms with Crippen LogP contribution in [0.2, 0.25) is 0 Å². The largest absolute Gasteiger partial charge is 0.493 e. The molecule has 4 nitrogen and oxygen atoms in total. The molecule has 0 spiro atoms. The van der Waals surface area contributed by atoms with Crippen molar-refractivity contribution in [1.82, 2.24) is 0 Å². The van der Waals surface area contributed by atoms with E-state index < -0.39 is 5.82 Å². The lowest BCUT2D eigenvalue weighted by molar-refractivity contribution is 0.102. The molecule has 0 unspecified atom stereocenters. The number of carbonyl (C=O) groups is 1. The van der Waals surface area contributed by atoms with Crippen LogP contribution in [0.4, 0.5) is 10.1 Å². The number of nitrogens with one attached hydrogen (secondary N) is 1. The van der Waals surface area contributed by atoms with E-state index in [1.54, 1.807) is 25.1 Å². The minimum Gasteiger partial charge on any atom is -0.493 e. The molecule has 0 heterocycles. The summed E-state index contributed by atoms with van der Waals surface area (Å²) in [6, 6.07) is 7.58. The SMILES string of the molecule is CCOc1c(I)cc(C(=O)Nc2cc(F)ccc2C)cc1OC. The molecule has 1 N–H and O–H groups in total. The molecule has 122 valence electrons. The smallest absolute Gasteiger partial charge is 0.255 e. The number of carbonyl (C=O) groups excluding carboxylic acids is 1. The van der Waals surface area contributed by atoms with Crippen LogP contribution in [0, 0.1) is 16.3 Å². The molecule has 0 radical (unpaired) electrons. The maximum Gasteiger partial charge on any atom is 0.255 e. The summed E-state index contributed by atoms with van der Waals surface area (Å²) in [4.78, 5) is 12.4. The van der Waals surface area contributed by atoms with Gasteiger partial charge in [-0.25, -0.2) is 4.39 Å². The van der Waals surface area contributed by atoms with Gasteiger partial charge in [-0.1, -0.05) is 6.07 Å². The quantitative estimate of drug-likeness (QED) is 0.718. The van der Waals surface area contributed by atoms with Crippen LogP contribution in [-0.2, 0) is 0 Å². The number of anilines is 1. The summed E-state index contributed by atoms with van der Waals surface area (Å²) in [5.74, 6) is 0.358. The lowest BCUT2D eigenvalue weighted by atomic mass is 10.1. The molecule has 0 aliphatic rings. The molecule has 0 bridgehead atoms. The Bertz CT molecular complexity index is 734. The van der Waals surface area contributed by atoms with Crippen LogP contribution in [0.5, 0.6) is 11.5 Å². The second-order valence-electron chi connectivity index (χ2n) is 4.84. The summed E-state index contributed by atoms with van der Waals surface area (Å²) in [5, 5.41) is 2.72. The average molecular weight is 429 g/mol. The number of ether oxygens (including phenoxy) is 2. The molecule has 0 aliphatic heterocycles. The van der Waals surface area contributed by atoms with Crippen LogP contribution in [0.3, 0.4) is 0 Å². The van der Waals surface area contributed by atoms with Crippen LogP contribution in [0.25, 0.3) is 0 Å². The normalized spacial score (nSPS) is 10.3. The van der Waals surface area contributed by atoms with Crippen LogP contribution in [0.15, 0.2) is 30.3 Å². The lowest BCUT2D eigenvalue weighted by Gasteiger charge is -2.14. The van der Waals surface area contributed by atoms with E-state index in [0.717, 1.165) is 9.13 Å². The number of hydrogen-bond acceptors (Lipinski definition) is 3. The number of rotatable bonds is 5. The van der Waals surface area contributed by atoms with Gasteiger partial charge in [0.2, 0.25) is 0 Å². The molecule has 0 aliphatic carbocycles. The van der Waals surface area contributed by atoms with E-state index in [4.69, 9.17) is 9.47 Å². The van der Waals surface area contributed by atoms with Crippen molar-refractivity contribution in [3.63, 3.8) is 0 Å². The maximum atomic E-state index is 13.3. The van der Waals surface area contributed by atoms with E-state index in [0.29, 0.717) is 29.4 Å². The predicted molar refractivity (Wildman–Crippen MR) is 96.0 cm³/mol. The zero-order chi connectivity index (χ0) is 17.0. The van der Waals surface area contributed by atoms with Crippen molar-refractivity contribution in [1.29, 1.82) is 0 Å². The van der Waals surface area contributed by atoms with Gasteiger partial charge in [0, 0.05) is 11.3 Å². The van der Waals surface area contributed by atoms with Gasteiger partial charge in [-0.15, -0.1) is 0 Å². The Hall–Kier alpha value is -1.83. The van der Waals surface area contributed by atoms with E-state index in [1.807, 2.05) is 6.92 Å². The maximum absolute atomic E-state index is 13.3. The lowest BCUT2D eigenvalue weighted by Crippen LogP contribution is -2.14. The standard InChI is InChI=1S/C17H17FINO3/c1-4-23-16-13(19)7-11(8-15(16)22-3)17(21)20-14-9-12(18)6-5-10(14)2/h5-9H,4H2,1-3H3,(H,20,21). The summed E-state index contributed by atoms with van der Waals surface area (Å²) in [6.07, 6.45) is 0. The molecule has 0 fully saturated rings. The third-order valence-electron chi connectivity index (χ3n) is 3.23. The highest BCUT2D eigenvalue weighted by Crippen LogP contribution is 2.34. The fourth-order valence-corrected chi connectivity index (χ4v) is 2.82. The molecule has 1 amide bonds. The van der Waals surface area contributed by atoms with Gasteiger partial charge >= 0.3 is 0 Å². The predicted octanol–water partition coefficient (Wildman–Crippen LogP) is 4.40. The fourth-order valence-electron chi connectivity index (χ4n) is 2.06. The molecule has 23 heavy (non-hydrogen) atoms. The van der Waals surface area contributed by atoms with Gasteiger partial charge in [-0.05, 0) is 66.3 Å². The minimum atomic E-state index is -0.398. The number of aryl methyl sites for hydroxylation is 1. The Kier molecular flexibility index (Phi) is 5.81. The first-order valence-corrected chi connectivity index (χ1v) is 8.12. The van der Waals surface area contributed by atoms with Crippen molar-refractivity contribution in [2.45, 2.75) is 13.8 Å². The topological polar surface area (TPSA) is 47.6 Å². The second-order valence-corrected chi connectivity index (χ2v) is 6.00. The molecular weight excluding hydrogens is 412 g/mol. The molecule has 0 atom stereocenters. The van der Waals surface area contributed by atoms with Gasteiger partial charge < -0.3 is 14.8 Å². The molecule has 2 aromatic rings. The number of amides is 1. The highest BCUT2D eigenvalue weighted by molar-refractivity contribution is 14.1. The molecule has 0 saturated heterocycles. The number of benzene rings is 2. The first-order chi connectivity index (χ1) is 11.0. The summed E-state index contributed by atoms with van der Waals surface area (Å²) >= 11 is 2.09. The molecule has 0 aromatic heterocycles. The van der Waals surface area contributed by atoms with Crippen molar-refractivity contribution in [2.24, 2.45) is 0 Å². The Labute approximate surface area is 148 Å². The molecule has 2 rings (SSSR count). The zero-order valence-electron chi connectivity index (χ0n) is 13.1. The molecule has 2 aromatic carbocycles. The highest BCUT2D eigenvalue weighted by atomic mass is 127. The van der Waals surface area contributed by atoms with E-state index in [1.165, 1.54) is 19.2 Å². The summed E-state index contributed by atoms with van der Waals surface area (Å²) in [7, 11) is 1.52. The van der Waals surface area contributed by atoms with Gasteiger partial charge in [0.05, 0.1) is 17.3 Å². The van der Waals surface area contributed by atoms with E-state index in [9.17, 15) is 9.18 Å². The first kappa shape index (κ1) is 17.5. The van der Waals surface area contributed by atoms with Gasteiger partial charge in [0.1, 0.15) is 5.82 Å². The van der Waals surface area contributed by atoms with Crippen LogP contribution in [-0.4, -0.2) is 19.6 Å². The van der Waals surface area contributed by atoms with Crippen molar-refractivity contribution in [2.75, 3.05) is 19.0 Å². The van der Waals surface area contributed by atoms with E-state index in [-0.39, 0.29) is 5.91 Å². The van der Waals surface area contributed by atoms with Crippen molar-refractivity contribution in [3.05, 3.63) is 50.8 Å². The number of hydrogen-bond donors (Lipinski definition) is 1. The van der Waals surface area contributed by atoms with E-state index in [2.05, 4.69) is 27.9 Å². The first-order valence-electron chi connectivity index (χ1n) is 7.04. The third kappa shape index (κ3) is 4.13. The van der Waals surface area contributed by atoms with Gasteiger partial charge in [-0.3, -0.25) is 4.79 Å². The third-order valence-corrected chi connectivity index (χ3v) is 4.03. The van der Waals surface area contributed by atoms with Crippen LogP contribution in [0.1, 0.15) is 22.8 Å². The van der Waals surface area contributed by atoms with Crippen LogP contribution < -0.4 is 14.8 Å². The van der Waals surface area contributed by atoms with Gasteiger partial charge in [-0.2, -0.15) is 0 Å². The highest BCUT2D eigenvalue weighted by Gasteiger charge is 2.16. The molecular formula is C17H17FINO3. The summed E-state index contributed by atoms with van der Waals surface area (Å²) in [5.41, 5.74) is 1.64. The fraction of sp³-hybridized carbons (Fsp3) is 0.235. The zero-order valence-corrected chi connectivity index (χ0v) is 15.2. The minimum absolute atomic E-state index is 0.335. The Morgan fingerprint density at radius 1 is 1.30 bits per heavy atom. The Morgan fingerprint density at radius 3 is 2.70 bits per heavy atom. The molecule has 0 saturated carbocycles. The van der Waals surface area contributed by atoms with Crippen molar-refractivity contribution in [3.8, 4) is 11.5 Å². The van der Waals surface area contributed by atoms with Crippen molar-refractivity contribution >= 4 is 34.2 Å². The average Bonchev–Trinajstić information content (AvgIpc) is 2.52. The van der Waals surface area contributed by atoms with Gasteiger partial charge in [0.25, 0.3) is 5.91 Å². The number of methoxy groups -OCH3 is 1. The summed E-state index contributed by atoms with van der Waals surface area (Å²) < 4.78 is 24.9. The molecule has 6 heteroatoms. The Balaban J connectivity index is 2.32. The second kappa shape index (κ2) is 7.63.